The van der Waals surface area contributed by atoms with Gasteiger partial charge in [0, 0.05) is 5.75 Å². The second kappa shape index (κ2) is 16.0. The summed E-state index contributed by atoms with van der Waals surface area (Å²) in [6.07, 6.45) is 0.156. The van der Waals surface area contributed by atoms with Crippen molar-refractivity contribution >= 4 is 31.0 Å². The summed E-state index contributed by atoms with van der Waals surface area (Å²) < 4.78 is 0. The van der Waals surface area contributed by atoms with E-state index in [-0.39, 0.29) is 18.8 Å². The Morgan fingerprint density at radius 1 is 1.60 bits per heavy atom. The molecule has 0 unspecified atom stereocenters. The minimum atomic E-state index is -0.787. The fraction of sp³-hybridized carbons (Fsp3) is 0.800. The van der Waals surface area contributed by atoms with E-state index in [9.17, 15) is 4.79 Å². The fourth-order valence-electron chi connectivity index (χ4n) is 0.0956. The van der Waals surface area contributed by atoms with Crippen LogP contribution in [-0.2, 0) is 4.79 Å². The van der Waals surface area contributed by atoms with Gasteiger partial charge in [-0.25, -0.2) is 0 Å². The molecule has 0 spiro atoms. The molecule has 0 aromatic heterocycles. The van der Waals surface area contributed by atoms with Crippen molar-refractivity contribution in [2.24, 2.45) is 0 Å². The molecule has 5 heteroatoms. The van der Waals surface area contributed by atoms with Gasteiger partial charge in [0.15, 0.2) is 0 Å². The number of hydrogen-bond donors (Lipinski definition) is 3. The molecule has 0 radical (unpaired) electrons. The molecule has 64 valence electrons. The molecular formula is C5H14ClNO2S. The molecule has 0 saturated carbocycles. The number of nitrogens with one attached hydrogen (secondary N) is 1. The van der Waals surface area contributed by atoms with Gasteiger partial charge in [0.25, 0.3) is 0 Å². The van der Waals surface area contributed by atoms with Gasteiger partial charge in [-0.3, -0.25) is 4.79 Å². The van der Waals surface area contributed by atoms with Crippen LogP contribution in [0.25, 0.3) is 0 Å². The maximum Gasteiger partial charge on any atom is 0.304 e. The van der Waals surface area contributed by atoms with E-state index in [0.29, 0.717) is 5.75 Å². The Labute approximate surface area is 73.0 Å². The normalized spacial score (nSPS) is 6.70. The lowest BCUT2D eigenvalue weighted by Gasteiger charge is -1.79. The molecular weight excluding hydrogens is 174 g/mol. The molecule has 0 aromatic rings. The second-order valence-corrected chi connectivity index (χ2v) is 1.81. The minimum Gasteiger partial charge on any atom is -0.481 e. The lowest BCUT2D eigenvalue weighted by atomic mass is 10.5. The predicted octanol–water partition coefficient (Wildman–Crippen LogP) is 0.648. The van der Waals surface area contributed by atoms with Crippen LogP contribution in [0.5, 0.6) is 0 Å². The molecule has 0 aliphatic heterocycles. The van der Waals surface area contributed by atoms with Crippen LogP contribution in [0.15, 0.2) is 0 Å². The Morgan fingerprint density at radius 3 is 1.90 bits per heavy atom. The summed E-state index contributed by atoms with van der Waals surface area (Å²) in [5.74, 6) is -0.361. The van der Waals surface area contributed by atoms with Crippen LogP contribution >= 0.6 is 25.0 Å². The van der Waals surface area contributed by atoms with Gasteiger partial charge in [0.1, 0.15) is 0 Å². The van der Waals surface area contributed by atoms with Crippen LogP contribution in [-0.4, -0.2) is 30.9 Å². The van der Waals surface area contributed by atoms with Gasteiger partial charge in [-0.05, 0) is 14.1 Å². The third kappa shape index (κ3) is 42.8. The van der Waals surface area contributed by atoms with E-state index in [2.05, 4.69) is 17.9 Å². The summed E-state index contributed by atoms with van der Waals surface area (Å²) in [5, 5.41) is 10.6. The zero-order valence-electron chi connectivity index (χ0n) is 6.13. The molecule has 0 aromatic carbocycles. The topological polar surface area (TPSA) is 49.3 Å². The van der Waals surface area contributed by atoms with Gasteiger partial charge in [0.05, 0.1) is 6.42 Å². The summed E-state index contributed by atoms with van der Waals surface area (Å²) in [5.41, 5.74) is 0. The number of thiol groups is 1. The van der Waals surface area contributed by atoms with Crippen molar-refractivity contribution in [2.45, 2.75) is 6.42 Å². The van der Waals surface area contributed by atoms with Gasteiger partial charge in [-0.15, -0.1) is 12.4 Å². The van der Waals surface area contributed by atoms with E-state index in [1.165, 1.54) is 0 Å². The van der Waals surface area contributed by atoms with Crippen molar-refractivity contribution in [1.82, 2.24) is 5.32 Å². The van der Waals surface area contributed by atoms with E-state index in [1.54, 1.807) is 0 Å². The highest BCUT2D eigenvalue weighted by atomic mass is 35.5. The van der Waals surface area contributed by atoms with E-state index in [1.807, 2.05) is 14.1 Å². The van der Waals surface area contributed by atoms with Gasteiger partial charge in [0.2, 0.25) is 0 Å². The van der Waals surface area contributed by atoms with Crippen LogP contribution in [0.2, 0.25) is 0 Å². The molecule has 0 aliphatic rings. The highest BCUT2D eigenvalue weighted by Gasteiger charge is 1.88. The van der Waals surface area contributed by atoms with Crippen molar-refractivity contribution in [2.75, 3.05) is 19.8 Å². The van der Waals surface area contributed by atoms with E-state index < -0.39 is 5.97 Å². The molecule has 0 bridgehead atoms. The van der Waals surface area contributed by atoms with E-state index >= 15 is 0 Å². The Kier molecular flexibility index (Phi) is 26.6. The van der Waals surface area contributed by atoms with E-state index in [4.69, 9.17) is 5.11 Å². The molecule has 3 nitrogen and oxygen atoms in total. The van der Waals surface area contributed by atoms with Crippen molar-refractivity contribution in [1.29, 1.82) is 0 Å². The summed E-state index contributed by atoms with van der Waals surface area (Å²) in [4.78, 5) is 9.55. The third-order valence-electron chi connectivity index (χ3n) is 0.326. The largest absolute Gasteiger partial charge is 0.481 e. The first-order chi connectivity index (χ1) is 4.18. The van der Waals surface area contributed by atoms with Crippen LogP contribution in [0.3, 0.4) is 0 Å². The molecule has 0 aliphatic carbocycles. The Bertz CT molecular complexity index is 72.7. The maximum absolute atomic E-state index is 9.55. The van der Waals surface area contributed by atoms with Crippen LogP contribution < -0.4 is 5.32 Å². The van der Waals surface area contributed by atoms with Crippen molar-refractivity contribution in [3.05, 3.63) is 0 Å². The summed E-state index contributed by atoms with van der Waals surface area (Å²) in [6.45, 7) is 0. The van der Waals surface area contributed by atoms with Gasteiger partial charge in [-0.2, -0.15) is 12.6 Å². The molecule has 0 atom stereocenters. The summed E-state index contributed by atoms with van der Waals surface area (Å²) in [7, 11) is 3.75. The number of halogens is 1. The van der Waals surface area contributed by atoms with Crippen LogP contribution in [0.1, 0.15) is 6.42 Å². The van der Waals surface area contributed by atoms with E-state index in [0.717, 1.165) is 0 Å². The average molecular weight is 188 g/mol. The average Bonchev–Trinajstić information content (AvgIpc) is 1.67. The van der Waals surface area contributed by atoms with Gasteiger partial charge in [-0.1, -0.05) is 0 Å². The first-order valence-electron chi connectivity index (χ1n) is 2.60. The minimum absolute atomic E-state index is 0. The number of carboxylic acid groups (broad SMARTS) is 1. The Morgan fingerprint density at radius 2 is 1.90 bits per heavy atom. The van der Waals surface area contributed by atoms with Crippen molar-refractivity contribution < 1.29 is 9.90 Å². The van der Waals surface area contributed by atoms with Crippen molar-refractivity contribution in [3.8, 4) is 0 Å². The first-order valence-corrected chi connectivity index (χ1v) is 3.23. The quantitative estimate of drug-likeness (QED) is 0.557. The lowest BCUT2D eigenvalue weighted by molar-refractivity contribution is -0.136. The number of rotatable bonds is 2. The zero-order valence-corrected chi connectivity index (χ0v) is 7.84. The van der Waals surface area contributed by atoms with Crippen molar-refractivity contribution in [3.63, 3.8) is 0 Å². The summed E-state index contributed by atoms with van der Waals surface area (Å²) in [6, 6.07) is 0. The number of aliphatic carboxylic acids is 1. The number of carbonyl (C=O) groups is 1. The SMILES string of the molecule is CNC.Cl.O=C(O)CCS. The zero-order chi connectivity index (χ0) is 7.70. The molecule has 0 heterocycles. The number of carboxylic acids is 1. The Hall–Kier alpha value is 0.0700. The monoisotopic (exact) mass is 187 g/mol. The highest BCUT2D eigenvalue weighted by Crippen LogP contribution is 1.79. The van der Waals surface area contributed by atoms with Crippen LogP contribution in [0.4, 0.5) is 0 Å². The molecule has 0 fully saturated rings. The molecule has 0 amide bonds. The molecule has 0 rings (SSSR count). The first kappa shape index (κ1) is 16.6. The highest BCUT2D eigenvalue weighted by molar-refractivity contribution is 7.80. The second-order valence-electron chi connectivity index (χ2n) is 1.37. The maximum atomic E-state index is 9.55. The lowest BCUT2D eigenvalue weighted by Crippen LogP contribution is -1.93. The summed E-state index contributed by atoms with van der Waals surface area (Å²) >= 11 is 3.68. The molecule has 0 saturated heterocycles. The van der Waals surface area contributed by atoms with Gasteiger partial charge >= 0.3 is 5.97 Å². The molecule has 2 N–H and O–H groups in total. The molecule has 10 heavy (non-hydrogen) atoms. The predicted molar refractivity (Wildman–Crippen MR) is 48.3 cm³/mol. The van der Waals surface area contributed by atoms with Crippen LogP contribution in [0, 0.1) is 0 Å². The van der Waals surface area contributed by atoms with Gasteiger partial charge < -0.3 is 10.4 Å². The number of hydrogen-bond acceptors (Lipinski definition) is 3. The third-order valence-corrected chi connectivity index (χ3v) is 0.549. The Balaban J connectivity index is -0.000000107. The fourth-order valence-corrected chi connectivity index (χ4v) is 0.287. The smallest absolute Gasteiger partial charge is 0.304 e. The standard InChI is InChI=1S/C3H6O2S.C2H7N.ClH/c4-3(5)1-2-6;1-3-2;/h6H,1-2H2,(H,4,5);3H,1-2H3;1H.